The van der Waals surface area contributed by atoms with Crippen LogP contribution in [0.4, 0.5) is 0 Å². The van der Waals surface area contributed by atoms with Crippen LogP contribution in [0.1, 0.15) is 30.1 Å². The van der Waals surface area contributed by atoms with Gasteiger partial charge in [0.1, 0.15) is 0 Å². The molecule has 2 N–H and O–H groups in total. The molecule has 1 aromatic carbocycles. The van der Waals surface area contributed by atoms with E-state index in [2.05, 4.69) is 31.9 Å². The second-order valence-electron chi connectivity index (χ2n) is 5.17. The molecule has 3 nitrogen and oxygen atoms in total. The molecule has 1 aliphatic heterocycles. The monoisotopic (exact) mass is 388 g/mol. The molecule has 1 aromatic rings. The van der Waals surface area contributed by atoms with Crippen molar-refractivity contribution in [2.24, 2.45) is 11.7 Å². The van der Waals surface area contributed by atoms with Gasteiger partial charge < -0.3 is 10.6 Å². The number of amides is 1. The topological polar surface area (TPSA) is 46.3 Å². The number of nitrogens with two attached hydrogens (primary N) is 1. The van der Waals surface area contributed by atoms with Crippen LogP contribution in [0.5, 0.6) is 0 Å². The van der Waals surface area contributed by atoms with E-state index >= 15 is 0 Å². The number of hydrogen-bond donors (Lipinski definition) is 1. The van der Waals surface area contributed by atoms with Gasteiger partial charge in [0, 0.05) is 33.6 Å². The number of carbonyl (C=O) groups is 1. The summed E-state index contributed by atoms with van der Waals surface area (Å²) in [6.45, 7) is 3.61. The highest BCUT2D eigenvalue weighted by molar-refractivity contribution is 9.11. The molecule has 1 amide bonds. The number of benzene rings is 1. The number of nitrogens with zero attached hydrogens (tertiary/aromatic N) is 1. The van der Waals surface area contributed by atoms with Gasteiger partial charge in [-0.2, -0.15) is 0 Å². The Kier molecular flexibility index (Phi) is 5.03. The summed E-state index contributed by atoms with van der Waals surface area (Å²) in [7, 11) is 0. The van der Waals surface area contributed by atoms with E-state index in [9.17, 15) is 4.79 Å². The third-order valence-electron chi connectivity index (χ3n) is 3.60. The van der Waals surface area contributed by atoms with E-state index in [1.54, 1.807) is 0 Å². The Hall–Kier alpha value is -0.390. The summed E-state index contributed by atoms with van der Waals surface area (Å²) >= 11 is 6.84. The molecular weight excluding hydrogens is 372 g/mol. The zero-order chi connectivity index (χ0) is 14.0. The molecule has 0 aromatic heterocycles. The highest BCUT2D eigenvalue weighted by Gasteiger charge is 2.26. The smallest absolute Gasteiger partial charge is 0.253 e. The summed E-state index contributed by atoms with van der Waals surface area (Å²) in [6, 6.07) is 5.80. The Balaban J connectivity index is 2.14. The van der Waals surface area contributed by atoms with Crippen LogP contribution in [-0.4, -0.2) is 29.9 Å². The average Bonchev–Trinajstić information content (AvgIpc) is 2.37. The standard InChI is InChI=1S/C14H18Br2N2O/c1-9(17)10-3-2-4-18(8-10)14(19)11-5-12(15)7-13(16)6-11/h5-7,9-10H,2-4,8,17H2,1H3. The summed E-state index contributed by atoms with van der Waals surface area (Å²) in [5, 5.41) is 0. The minimum atomic E-state index is 0.0901. The first-order chi connectivity index (χ1) is 8.97. The Morgan fingerprint density at radius 1 is 1.37 bits per heavy atom. The molecule has 19 heavy (non-hydrogen) atoms. The second kappa shape index (κ2) is 6.37. The lowest BCUT2D eigenvalue weighted by Gasteiger charge is -2.34. The van der Waals surface area contributed by atoms with E-state index < -0.39 is 0 Å². The molecule has 5 heteroatoms. The molecule has 0 aliphatic carbocycles. The molecule has 1 fully saturated rings. The summed E-state index contributed by atoms with van der Waals surface area (Å²) in [5.41, 5.74) is 6.68. The van der Waals surface area contributed by atoms with E-state index in [1.807, 2.05) is 30.0 Å². The SMILES string of the molecule is CC(N)C1CCCN(C(=O)c2cc(Br)cc(Br)c2)C1. The van der Waals surface area contributed by atoms with Crippen LogP contribution in [-0.2, 0) is 0 Å². The molecule has 104 valence electrons. The first kappa shape index (κ1) is 15.0. The number of rotatable bonds is 2. The summed E-state index contributed by atoms with van der Waals surface area (Å²) < 4.78 is 1.82. The molecule has 1 aliphatic rings. The van der Waals surface area contributed by atoms with Crippen LogP contribution in [0.3, 0.4) is 0 Å². The van der Waals surface area contributed by atoms with Gasteiger partial charge in [-0.15, -0.1) is 0 Å². The van der Waals surface area contributed by atoms with Crippen molar-refractivity contribution in [3.8, 4) is 0 Å². The Bertz CT molecular complexity index is 456. The maximum atomic E-state index is 12.5. The fourth-order valence-corrected chi connectivity index (χ4v) is 3.78. The lowest BCUT2D eigenvalue weighted by Crippen LogP contribution is -2.45. The maximum Gasteiger partial charge on any atom is 0.253 e. The van der Waals surface area contributed by atoms with E-state index in [4.69, 9.17) is 5.73 Å². The third kappa shape index (κ3) is 3.80. The molecule has 0 saturated carbocycles. The van der Waals surface area contributed by atoms with Gasteiger partial charge in [0.2, 0.25) is 0 Å². The third-order valence-corrected chi connectivity index (χ3v) is 4.51. The fraction of sp³-hybridized carbons (Fsp3) is 0.500. The number of likely N-dealkylation sites (tertiary alicyclic amines) is 1. The maximum absolute atomic E-state index is 12.5. The van der Waals surface area contributed by atoms with Gasteiger partial charge in [0.25, 0.3) is 5.91 Å². The average molecular weight is 390 g/mol. The number of hydrogen-bond acceptors (Lipinski definition) is 2. The molecular formula is C14H18Br2N2O. The Morgan fingerprint density at radius 2 is 2.00 bits per heavy atom. The van der Waals surface area contributed by atoms with Crippen molar-refractivity contribution < 1.29 is 4.79 Å². The van der Waals surface area contributed by atoms with Crippen molar-refractivity contribution in [2.75, 3.05) is 13.1 Å². The molecule has 0 bridgehead atoms. The molecule has 2 unspecified atom stereocenters. The van der Waals surface area contributed by atoms with Gasteiger partial charge in [-0.05, 0) is 43.9 Å². The van der Waals surface area contributed by atoms with Crippen LogP contribution < -0.4 is 5.73 Å². The van der Waals surface area contributed by atoms with Gasteiger partial charge >= 0.3 is 0 Å². The highest BCUT2D eigenvalue weighted by Crippen LogP contribution is 2.24. The Morgan fingerprint density at radius 3 is 2.58 bits per heavy atom. The summed E-state index contributed by atoms with van der Waals surface area (Å²) in [6.07, 6.45) is 2.15. The molecule has 0 radical (unpaired) electrons. The van der Waals surface area contributed by atoms with Gasteiger partial charge in [0.15, 0.2) is 0 Å². The van der Waals surface area contributed by atoms with E-state index in [-0.39, 0.29) is 11.9 Å². The largest absolute Gasteiger partial charge is 0.338 e. The van der Waals surface area contributed by atoms with Gasteiger partial charge in [0.05, 0.1) is 0 Å². The molecule has 0 spiro atoms. The first-order valence-electron chi connectivity index (χ1n) is 6.48. The number of carbonyl (C=O) groups excluding carboxylic acids is 1. The molecule has 1 saturated heterocycles. The number of piperidine rings is 1. The van der Waals surface area contributed by atoms with Crippen molar-refractivity contribution in [1.82, 2.24) is 4.90 Å². The van der Waals surface area contributed by atoms with Crippen molar-refractivity contribution in [2.45, 2.75) is 25.8 Å². The van der Waals surface area contributed by atoms with Crippen molar-refractivity contribution >= 4 is 37.8 Å². The van der Waals surface area contributed by atoms with Crippen LogP contribution in [0.25, 0.3) is 0 Å². The van der Waals surface area contributed by atoms with Crippen molar-refractivity contribution in [3.05, 3.63) is 32.7 Å². The van der Waals surface area contributed by atoms with E-state index in [0.717, 1.165) is 34.9 Å². The van der Waals surface area contributed by atoms with E-state index in [1.165, 1.54) is 0 Å². The predicted octanol–water partition coefficient (Wildman–Crippen LogP) is 3.41. The van der Waals surface area contributed by atoms with Crippen LogP contribution in [0.2, 0.25) is 0 Å². The lowest BCUT2D eigenvalue weighted by atomic mass is 9.92. The molecule has 2 atom stereocenters. The van der Waals surface area contributed by atoms with Crippen molar-refractivity contribution in [3.63, 3.8) is 0 Å². The zero-order valence-electron chi connectivity index (χ0n) is 10.9. The zero-order valence-corrected chi connectivity index (χ0v) is 14.1. The minimum absolute atomic E-state index is 0.0901. The van der Waals surface area contributed by atoms with Gasteiger partial charge in [-0.25, -0.2) is 0 Å². The van der Waals surface area contributed by atoms with Gasteiger partial charge in [-0.1, -0.05) is 31.9 Å². The molecule has 2 rings (SSSR count). The Labute approximate surface area is 130 Å². The van der Waals surface area contributed by atoms with Crippen LogP contribution in [0, 0.1) is 5.92 Å². The normalized spacial score (nSPS) is 21.3. The van der Waals surface area contributed by atoms with Crippen molar-refractivity contribution in [1.29, 1.82) is 0 Å². The number of halogens is 2. The van der Waals surface area contributed by atoms with E-state index in [0.29, 0.717) is 11.5 Å². The summed E-state index contributed by atoms with van der Waals surface area (Å²) in [5.74, 6) is 0.501. The first-order valence-corrected chi connectivity index (χ1v) is 8.07. The predicted molar refractivity (Wildman–Crippen MR) is 84.1 cm³/mol. The van der Waals surface area contributed by atoms with Gasteiger partial charge in [-0.3, -0.25) is 4.79 Å². The summed E-state index contributed by atoms with van der Waals surface area (Å²) in [4.78, 5) is 14.4. The van der Waals surface area contributed by atoms with Crippen LogP contribution >= 0.6 is 31.9 Å². The quantitative estimate of drug-likeness (QED) is 0.842. The minimum Gasteiger partial charge on any atom is -0.338 e. The highest BCUT2D eigenvalue weighted by atomic mass is 79.9. The van der Waals surface area contributed by atoms with Crippen LogP contribution in [0.15, 0.2) is 27.1 Å². The molecule has 1 heterocycles. The second-order valence-corrected chi connectivity index (χ2v) is 7.00. The lowest BCUT2D eigenvalue weighted by molar-refractivity contribution is 0.0661. The fourth-order valence-electron chi connectivity index (χ4n) is 2.48.